The van der Waals surface area contributed by atoms with Gasteiger partial charge in [0.1, 0.15) is 11.5 Å². The van der Waals surface area contributed by atoms with Crippen molar-refractivity contribution in [1.29, 1.82) is 0 Å². The number of anilines is 1. The summed E-state index contributed by atoms with van der Waals surface area (Å²) < 4.78 is 24.4. The van der Waals surface area contributed by atoms with Gasteiger partial charge in [0.25, 0.3) is 5.69 Å². The van der Waals surface area contributed by atoms with Gasteiger partial charge in [-0.25, -0.2) is 4.39 Å². The second-order valence-corrected chi connectivity index (χ2v) is 6.32. The standard InChI is InChI=1S/C10H12FIN2O3S/c1-18(17)4-2-3-13-9-5-7(11)8(12)6-10(9)14(15)16/h5-6,13H,2-4H2,1H3. The average Bonchev–Trinajstić information content (AvgIpc) is 2.28. The topological polar surface area (TPSA) is 72.2 Å². The quantitative estimate of drug-likeness (QED) is 0.353. The first-order valence-electron chi connectivity index (χ1n) is 5.09. The molecule has 1 aromatic carbocycles. The molecular weight excluding hydrogens is 374 g/mol. The predicted octanol–water partition coefficient (Wildman–Crippen LogP) is 2.52. The molecule has 100 valence electrons. The molecule has 1 unspecified atom stereocenters. The lowest BCUT2D eigenvalue weighted by Crippen LogP contribution is -2.08. The van der Waals surface area contributed by atoms with Crippen LogP contribution in [0.4, 0.5) is 15.8 Å². The van der Waals surface area contributed by atoms with Crippen molar-refractivity contribution in [3.63, 3.8) is 0 Å². The van der Waals surface area contributed by atoms with E-state index in [0.29, 0.717) is 18.7 Å². The molecule has 0 aliphatic carbocycles. The fourth-order valence-electron chi connectivity index (χ4n) is 1.33. The van der Waals surface area contributed by atoms with E-state index in [-0.39, 0.29) is 14.9 Å². The Balaban J connectivity index is 2.77. The Kier molecular flexibility index (Phi) is 5.93. The molecule has 0 aliphatic heterocycles. The molecule has 0 aliphatic rings. The van der Waals surface area contributed by atoms with Gasteiger partial charge in [0.15, 0.2) is 0 Å². The molecule has 0 amide bonds. The smallest absolute Gasteiger partial charge is 0.293 e. The van der Waals surface area contributed by atoms with Gasteiger partial charge in [-0.15, -0.1) is 0 Å². The molecule has 0 fully saturated rings. The third-order valence-electron chi connectivity index (χ3n) is 2.16. The van der Waals surface area contributed by atoms with Gasteiger partial charge in [0.2, 0.25) is 0 Å². The van der Waals surface area contributed by atoms with Crippen LogP contribution in [0.2, 0.25) is 0 Å². The Morgan fingerprint density at radius 1 is 1.56 bits per heavy atom. The van der Waals surface area contributed by atoms with Gasteiger partial charge in [-0.05, 0) is 29.0 Å². The van der Waals surface area contributed by atoms with Crippen molar-refractivity contribution >= 4 is 44.8 Å². The van der Waals surface area contributed by atoms with Crippen LogP contribution >= 0.6 is 22.6 Å². The number of halogens is 2. The number of nitrogens with one attached hydrogen (secondary N) is 1. The van der Waals surface area contributed by atoms with E-state index in [0.717, 1.165) is 6.07 Å². The molecule has 1 atom stereocenters. The van der Waals surface area contributed by atoms with Gasteiger partial charge in [0.05, 0.1) is 8.49 Å². The molecule has 1 aromatic rings. The Labute approximate surface area is 120 Å². The van der Waals surface area contributed by atoms with Crippen molar-refractivity contribution in [3.05, 3.63) is 31.6 Å². The van der Waals surface area contributed by atoms with E-state index in [1.807, 2.05) is 0 Å². The van der Waals surface area contributed by atoms with E-state index < -0.39 is 21.5 Å². The maximum absolute atomic E-state index is 13.3. The highest BCUT2D eigenvalue weighted by molar-refractivity contribution is 14.1. The van der Waals surface area contributed by atoms with Crippen molar-refractivity contribution in [2.24, 2.45) is 0 Å². The van der Waals surface area contributed by atoms with Crippen LogP contribution in [0.3, 0.4) is 0 Å². The number of nitro benzene ring substituents is 1. The first kappa shape index (κ1) is 15.3. The molecule has 0 saturated heterocycles. The SMILES string of the molecule is CS(=O)CCCNc1cc(F)c(I)cc1[N+](=O)[O-]. The molecule has 0 bridgehead atoms. The van der Waals surface area contributed by atoms with Gasteiger partial charge in [-0.2, -0.15) is 0 Å². The molecule has 1 N–H and O–H groups in total. The van der Waals surface area contributed by atoms with Crippen LogP contribution in [0.25, 0.3) is 0 Å². The van der Waals surface area contributed by atoms with E-state index in [9.17, 15) is 18.7 Å². The summed E-state index contributed by atoms with van der Waals surface area (Å²) in [6.45, 7) is 0.417. The maximum Gasteiger partial charge on any atom is 0.293 e. The molecule has 5 nitrogen and oxygen atoms in total. The average molecular weight is 386 g/mol. The predicted molar refractivity (Wildman–Crippen MR) is 77.8 cm³/mol. The molecule has 18 heavy (non-hydrogen) atoms. The van der Waals surface area contributed by atoms with Crippen LogP contribution in [0.1, 0.15) is 6.42 Å². The Hall–Kier alpha value is -0.770. The van der Waals surface area contributed by atoms with Crippen LogP contribution in [0.15, 0.2) is 12.1 Å². The maximum atomic E-state index is 13.3. The lowest BCUT2D eigenvalue weighted by molar-refractivity contribution is -0.384. The number of nitrogens with zero attached hydrogens (tertiary/aromatic N) is 1. The summed E-state index contributed by atoms with van der Waals surface area (Å²) in [7, 11) is -0.895. The van der Waals surface area contributed by atoms with Gasteiger partial charge in [-0.3, -0.25) is 14.3 Å². The molecule has 0 heterocycles. The van der Waals surface area contributed by atoms with Gasteiger partial charge in [0, 0.05) is 41.5 Å². The van der Waals surface area contributed by atoms with Gasteiger partial charge < -0.3 is 5.32 Å². The highest BCUT2D eigenvalue weighted by Crippen LogP contribution is 2.28. The molecular formula is C10H12FIN2O3S. The summed E-state index contributed by atoms with van der Waals surface area (Å²) in [6.07, 6.45) is 2.20. The lowest BCUT2D eigenvalue weighted by atomic mass is 10.2. The number of rotatable bonds is 6. The van der Waals surface area contributed by atoms with E-state index >= 15 is 0 Å². The molecule has 0 radical (unpaired) electrons. The Bertz CT molecular complexity index is 484. The molecule has 0 spiro atoms. The minimum atomic E-state index is -0.895. The van der Waals surface area contributed by atoms with Crippen LogP contribution in [0, 0.1) is 19.5 Å². The summed E-state index contributed by atoms with van der Waals surface area (Å²) in [5.41, 5.74) is -0.00165. The fraction of sp³-hybridized carbons (Fsp3) is 0.400. The summed E-state index contributed by atoms with van der Waals surface area (Å²) in [6, 6.07) is 2.30. The normalized spacial score (nSPS) is 12.2. The zero-order valence-electron chi connectivity index (χ0n) is 9.61. The van der Waals surface area contributed by atoms with Crippen LogP contribution in [-0.4, -0.2) is 27.7 Å². The molecule has 0 aromatic heterocycles. The van der Waals surface area contributed by atoms with E-state index in [2.05, 4.69) is 5.32 Å². The van der Waals surface area contributed by atoms with E-state index in [1.54, 1.807) is 28.8 Å². The largest absolute Gasteiger partial charge is 0.379 e. The monoisotopic (exact) mass is 386 g/mol. The van der Waals surface area contributed by atoms with Crippen LogP contribution < -0.4 is 5.32 Å². The van der Waals surface area contributed by atoms with E-state index in [1.165, 1.54) is 6.07 Å². The van der Waals surface area contributed by atoms with Crippen molar-refractivity contribution in [1.82, 2.24) is 0 Å². The van der Waals surface area contributed by atoms with Crippen molar-refractivity contribution < 1.29 is 13.5 Å². The molecule has 1 rings (SSSR count). The van der Waals surface area contributed by atoms with Crippen LogP contribution in [0.5, 0.6) is 0 Å². The first-order valence-corrected chi connectivity index (χ1v) is 7.89. The Morgan fingerprint density at radius 2 is 2.22 bits per heavy atom. The summed E-state index contributed by atoms with van der Waals surface area (Å²) in [5, 5.41) is 13.6. The fourth-order valence-corrected chi connectivity index (χ4v) is 2.33. The molecule has 8 heteroatoms. The zero-order valence-corrected chi connectivity index (χ0v) is 12.6. The second kappa shape index (κ2) is 6.98. The van der Waals surface area contributed by atoms with Crippen molar-refractivity contribution in [2.75, 3.05) is 23.9 Å². The summed E-state index contributed by atoms with van der Waals surface area (Å²) >= 11 is 1.71. The second-order valence-electron chi connectivity index (χ2n) is 3.60. The van der Waals surface area contributed by atoms with Crippen LogP contribution in [-0.2, 0) is 10.8 Å². The van der Waals surface area contributed by atoms with Crippen molar-refractivity contribution in [2.45, 2.75) is 6.42 Å². The highest BCUT2D eigenvalue weighted by atomic mass is 127. The Morgan fingerprint density at radius 3 is 2.78 bits per heavy atom. The minimum Gasteiger partial charge on any atom is -0.379 e. The van der Waals surface area contributed by atoms with Gasteiger partial charge in [-0.1, -0.05) is 0 Å². The third kappa shape index (κ3) is 4.48. The van der Waals surface area contributed by atoms with Crippen molar-refractivity contribution in [3.8, 4) is 0 Å². The summed E-state index contributed by atoms with van der Waals surface area (Å²) in [5.74, 6) is 0.0101. The minimum absolute atomic E-state index is 0.153. The zero-order chi connectivity index (χ0) is 13.7. The number of hydrogen-bond donors (Lipinski definition) is 1. The molecule has 0 saturated carbocycles. The van der Waals surface area contributed by atoms with Gasteiger partial charge >= 0.3 is 0 Å². The summed E-state index contributed by atoms with van der Waals surface area (Å²) in [4.78, 5) is 10.3. The highest BCUT2D eigenvalue weighted by Gasteiger charge is 2.16. The number of hydrogen-bond acceptors (Lipinski definition) is 4. The first-order chi connectivity index (χ1) is 8.41. The van der Waals surface area contributed by atoms with E-state index in [4.69, 9.17) is 0 Å². The number of nitro groups is 1. The number of benzene rings is 1. The lowest BCUT2D eigenvalue weighted by Gasteiger charge is -2.07. The third-order valence-corrected chi connectivity index (χ3v) is 3.85.